The number of carbonyl (C=O) groups excluding carboxylic acids is 1. The number of likely N-dealkylation sites (tertiary alicyclic amines) is 1. The number of amides is 1. The van der Waals surface area contributed by atoms with Gasteiger partial charge in [-0.2, -0.15) is 4.98 Å². The van der Waals surface area contributed by atoms with Crippen LogP contribution < -0.4 is 4.74 Å². The minimum absolute atomic E-state index is 0.0387. The molecule has 0 saturated carbocycles. The van der Waals surface area contributed by atoms with Gasteiger partial charge in [0.2, 0.25) is 11.7 Å². The third-order valence-corrected chi connectivity index (χ3v) is 5.94. The molecule has 7 nitrogen and oxygen atoms in total. The van der Waals surface area contributed by atoms with E-state index in [0.29, 0.717) is 36.2 Å². The number of pyridine rings is 1. The molecule has 1 unspecified atom stereocenters. The van der Waals surface area contributed by atoms with Gasteiger partial charge in [-0.25, -0.2) is 0 Å². The second-order valence-corrected chi connectivity index (χ2v) is 8.42. The summed E-state index contributed by atoms with van der Waals surface area (Å²) in [6.45, 7) is 2.38. The maximum atomic E-state index is 13.7. The van der Waals surface area contributed by atoms with Gasteiger partial charge < -0.3 is 14.2 Å². The molecule has 1 amide bonds. The highest BCUT2D eigenvalue weighted by atomic mass is 19.4. The number of nitrogens with zero attached hydrogens (tertiary/aromatic N) is 4. The lowest BCUT2D eigenvalue weighted by Crippen LogP contribution is -2.31. The van der Waals surface area contributed by atoms with Crippen molar-refractivity contribution in [2.24, 2.45) is 0 Å². The first-order valence-electron chi connectivity index (χ1n) is 11.3. The number of alkyl halides is 3. The summed E-state index contributed by atoms with van der Waals surface area (Å²) in [6, 6.07) is 16.2. The fourth-order valence-corrected chi connectivity index (χ4v) is 4.35. The Morgan fingerprint density at radius 3 is 2.67 bits per heavy atom. The molecular weight excluding hydrogens is 473 g/mol. The van der Waals surface area contributed by atoms with E-state index in [-0.39, 0.29) is 23.2 Å². The Balaban J connectivity index is 1.46. The Bertz CT molecular complexity index is 1390. The van der Waals surface area contributed by atoms with E-state index in [9.17, 15) is 18.0 Å². The summed E-state index contributed by atoms with van der Waals surface area (Å²) in [5, 5.41) is 3.89. The highest BCUT2D eigenvalue weighted by Gasteiger charge is 2.36. The van der Waals surface area contributed by atoms with Gasteiger partial charge in [0, 0.05) is 23.9 Å². The van der Waals surface area contributed by atoms with Crippen molar-refractivity contribution in [3.63, 3.8) is 0 Å². The molecule has 0 N–H and O–H groups in total. The van der Waals surface area contributed by atoms with E-state index >= 15 is 0 Å². The molecular formula is C26H21F3N4O3. The number of benzene rings is 2. The number of halogens is 3. The maximum Gasteiger partial charge on any atom is 0.573 e. The van der Waals surface area contributed by atoms with E-state index in [1.807, 2.05) is 37.3 Å². The smallest absolute Gasteiger partial charge is 0.405 e. The summed E-state index contributed by atoms with van der Waals surface area (Å²) < 4.78 is 48.1. The van der Waals surface area contributed by atoms with Crippen molar-refractivity contribution in [2.45, 2.75) is 32.2 Å². The lowest BCUT2D eigenvalue weighted by molar-refractivity contribution is -0.274. The third-order valence-electron chi connectivity index (χ3n) is 5.94. The highest BCUT2D eigenvalue weighted by Crippen LogP contribution is 2.37. The number of hydrogen-bond acceptors (Lipinski definition) is 6. The van der Waals surface area contributed by atoms with Gasteiger partial charge in [0.1, 0.15) is 11.8 Å². The second-order valence-electron chi connectivity index (χ2n) is 8.42. The first-order valence-corrected chi connectivity index (χ1v) is 11.3. The quantitative estimate of drug-likeness (QED) is 0.339. The number of rotatable bonds is 5. The van der Waals surface area contributed by atoms with Gasteiger partial charge in [0.15, 0.2) is 0 Å². The Morgan fingerprint density at radius 1 is 1.08 bits per heavy atom. The van der Waals surface area contributed by atoms with E-state index < -0.39 is 18.2 Å². The number of aromatic nitrogens is 3. The number of hydrogen-bond donors (Lipinski definition) is 0. The Hall–Kier alpha value is -4.21. The van der Waals surface area contributed by atoms with Crippen LogP contribution in [0.2, 0.25) is 0 Å². The van der Waals surface area contributed by atoms with E-state index in [0.717, 1.165) is 5.56 Å². The van der Waals surface area contributed by atoms with Gasteiger partial charge in [0.05, 0.1) is 11.3 Å². The van der Waals surface area contributed by atoms with Crippen molar-refractivity contribution in [3.05, 3.63) is 83.9 Å². The SMILES string of the molecule is Cc1ccc(-c2ccccn2)c(C(=O)N2CCCC2c2nc(-c3ccccc3OC(F)(F)F)no2)c1. The zero-order valence-electron chi connectivity index (χ0n) is 19.2. The molecule has 0 spiro atoms. The van der Waals surface area contributed by atoms with Crippen molar-refractivity contribution in [2.75, 3.05) is 6.54 Å². The molecule has 0 radical (unpaired) electrons. The highest BCUT2D eigenvalue weighted by molar-refractivity contribution is 6.01. The van der Waals surface area contributed by atoms with Crippen molar-refractivity contribution in [1.29, 1.82) is 0 Å². The summed E-state index contributed by atoms with van der Waals surface area (Å²) in [4.78, 5) is 24.1. The van der Waals surface area contributed by atoms with E-state index in [4.69, 9.17) is 4.52 Å². The van der Waals surface area contributed by atoms with E-state index in [1.165, 1.54) is 18.2 Å². The van der Waals surface area contributed by atoms with E-state index in [1.54, 1.807) is 23.2 Å². The van der Waals surface area contributed by atoms with Gasteiger partial charge >= 0.3 is 6.36 Å². The van der Waals surface area contributed by atoms with Gasteiger partial charge in [-0.3, -0.25) is 9.78 Å². The molecule has 184 valence electrons. The van der Waals surface area contributed by atoms with Crippen LogP contribution in [-0.4, -0.2) is 38.8 Å². The summed E-state index contributed by atoms with van der Waals surface area (Å²) in [6.07, 6.45) is -1.90. The van der Waals surface area contributed by atoms with Crippen LogP contribution in [0.4, 0.5) is 13.2 Å². The molecule has 1 aliphatic heterocycles. The monoisotopic (exact) mass is 494 g/mol. The molecule has 1 aliphatic rings. The Labute approximate surface area is 204 Å². The molecule has 1 atom stereocenters. The zero-order chi connectivity index (χ0) is 25.3. The molecule has 2 aromatic carbocycles. The number of carbonyl (C=O) groups is 1. The van der Waals surface area contributed by atoms with Crippen molar-refractivity contribution in [3.8, 4) is 28.4 Å². The standard InChI is InChI=1S/C26H21F3N4O3/c1-16-11-12-17(20-8-4-5-13-30-20)19(15-16)25(34)33-14-6-9-21(33)24-31-23(32-36-24)18-7-2-3-10-22(18)35-26(27,28)29/h2-5,7-8,10-13,15,21H,6,9,14H2,1H3. The van der Waals surface area contributed by atoms with Crippen molar-refractivity contribution < 1.29 is 27.2 Å². The third kappa shape index (κ3) is 4.79. The molecule has 3 heterocycles. The molecule has 4 aromatic rings. The molecule has 2 aromatic heterocycles. The summed E-state index contributed by atoms with van der Waals surface area (Å²) in [5.41, 5.74) is 2.86. The Morgan fingerprint density at radius 2 is 1.89 bits per heavy atom. The zero-order valence-corrected chi connectivity index (χ0v) is 19.2. The maximum absolute atomic E-state index is 13.7. The van der Waals surface area contributed by atoms with Gasteiger partial charge in [-0.1, -0.05) is 41.1 Å². The fourth-order valence-electron chi connectivity index (χ4n) is 4.35. The fraction of sp³-hybridized carbons (Fsp3) is 0.231. The van der Waals surface area contributed by atoms with Crippen LogP contribution in [0.15, 0.2) is 71.4 Å². The largest absolute Gasteiger partial charge is 0.573 e. The van der Waals surface area contributed by atoms with Crippen LogP contribution in [0.5, 0.6) is 5.75 Å². The van der Waals surface area contributed by atoms with Gasteiger partial charge in [-0.15, -0.1) is 13.2 Å². The normalized spacial score (nSPS) is 15.8. The molecule has 5 rings (SSSR count). The van der Waals surface area contributed by atoms with Crippen LogP contribution in [0.1, 0.15) is 40.7 Å². The van der Waals surface area contributed by atoms with Crippen molar-refractivity contribution >= 4 is 5.91 Å². The minimum Gasteiger partial charge on any atom is -0.405 e. The van der Waals surface area contributed by atoms with Crippen LogP contribution in [0.25, 0.3) is 22.6 Å². The molecule has 0 bridgehead atoms. The average Bonchev–Trinajstić information content (AvgIpc) is 3.53. The van der Waals surface area contributed by atoms with Gasteiger partial charge in [0.25, 0.3) is 5.91 Å². The van der Waals surface area contributed by atoms with Crippen LogP contribution >= 0.6 is 0 Å². The molecule has 1 saturated heterocycles. The van der Waals surface area contributed by atoms with E-state index in [2.05, 4.69) is 19.9 Å². The predicted octanol–water partition coefficient (Wildman–Crippen LogP) is 5.98. The van der Waals surface area contributed by atoms with Crippen LogP contribution in [-0.2, 0) is 0 Å². The molecule has 0 aliphatic carbocycles. The first-order chi connectivity index (χ1) is 17.3. The molecule has 10 heteroatoms. The molecule has 1 fully saturated rings. The lowest BCUT2D eigenvalue weighted by atomic mass is 10.00. The summed E-state index contributed by atoms with van der Waals surface area (Å²) in [7, 11) is 0. The number of aryl methyl sites for hydroxylation is 1. The topological polar surface area (TPSA) is 81.4 Å². The summed E-state index contributed by atoms with van der Waals surface area (Å²) in [5.74, 6) is -0.530. The van der Waals surface area contributed by atoms with Gasteiger partial charge in [-0.05, 0) is 50.1 Å². The lowest BCUT2D eigenvalue weighted by Gasteiger charge is -2.23. The van der Waals surface area contributed by atoms with Crippen LogP contribution in [0.3, 0.4) is 0 Å². The number of ether oxygens (including phenoxy) is 1. The second kappa shape index (κ2) is 9.44. The predicted molar refractivity (Wildman–Crippen MR) is 124 cm³/mol. The molecule has 36 heavy (non-hydrogen) atoms. The first kappa shape index (κ1) is 23.5. The summed E-state index contributed by atoms with van der Waals surface area (Å²) >= 11 is 0. The average molecular weight is 494 g/mol. The minimum atomic E-state index is -4.86. The number of para-hydroxylation sites is 1. The Kier molecular flexibility index (Phi) is 6.17. The van der Waals surface area contributed by atoms with Crippen LogP contribution in [0, 0.1) is 6.92 Å². The van der Waals surface area contributed by atoms with Crippen molar-refractivity contribution in [1.82, 2.24) is 20.0 Å².